The molecular formula is C23H30N4O2. The number of pyridine rings is 1. The van der Waals surface area contributed by atoms with Gasteiger partial charge in [-0.15, -0.1) is 0 Å². The minimum absolute atomic E-state index is 0.0656. The molecule has 1 amide bonds. The molecule has 3 N–H and O–H groups in total. The molecule has 6 heteroatoms. The van der Waals surface area contributed by atoms with E-state index in [-0.39, 0.29) is 18.2 Å². The lowest BCUT2D eigenvalue weighted by atomic mass is 9.86. The second-order valence-electron chi connectivity index (χ2n) is 8.75. The molecule has 2 aliphatic rings. The number of hydrogen-bond donors (Lipinski definition) is 2. The summed E-state index contributed by atoms with van der Waals surface area (Å²) in [6.45, 7) is 5.97. The van der Waals surface area contributed by atoms with Gasteiger partial charge in [-0.3, -0.25) is 9.88 Å². The van der Waals surface area contributed by atoms with Gasteiger partial charge in [0.05, 0.1) is 23.6 Å². The topological polar surface area (TPSA) is 80.5 Å². The van der Waals surface area contributed by atoms with Gasteiger partial charge in [-0.2, -0.15) is 0 Å². The number of nitrogen functional groups attached to an aromatic ring is 1. The average molecular weight is 395 g/mol. The third kappa shape index (κ3) is 3.88. The summed E-state index contributed by atoms with van der Waals surface area (Å²) in [5, 5.41) is 3.57. The van der Waals surface area contributed by atoms with Crippen LogP contribution < -0.4 is 11.1 Å². The summed E-state index contributed by atoms with van der Waals surface area (Å²) in [6.07, 6.45) is 5.35. The molecule has 1 aliphatic heterocycles. The number of carbonyl (C=O) groups excluding carboxylic acids is 1. The number of cyclic esters (lactones) is 1. The fourth-order valence-electron chi connectivity index (χ4n) is 4.74. The Morgan fingerprint density at radius 1 is 1.17 bits per heavy atom. The molecule has 1 aromatic carbocycles. The zero-order valence-corrected chi connectivity index (χ0v) is 17.4. The molecule has 1 saturated carbocycles. The van der Waals surface area contributed by atoms with Crippen molar-refractivity contribution in [2.45, 2.75) is 70.2 Å². The van der Waals surface area contributed by atoms with E-state index in [9.17, 15) is 4.79 Å². The second kappa shape index (κ2) is 7.58. The van der Waals surface area contributed by atoms with E-state index in [4.69, 9.17) is 10.5 Å². The summed E-state index contributed by atoms with van der Waals surface area (Å²) in [7, 11) is 0. The van der Waals surface area contributed by atoms with Crippen LogP contribution in [0.2, 0.25) is 0 Å². The van der Waals surface area contributed by atoms with Gasteiger partial charge in [0.1, 0.15) is 5.60 Å². The van der Waals surface area contributed by atoms with Gasteiger partial charge in [0.15, 0.2) is 0 Å². The van der Waals surface area contributed by atoms with Crippen molar-refractivity contribution < 1.29 is 9.53 Å². The zero-order valence-electron chi connectivity index (χ0n) is 17.4. The van der Waals surface area contributed by atoms with Crippen LogP contribution in [0.5, 0.6) is 0 Å². The number of amides is 1. The normalized spacial score (nSPS) is 26.2. The van der Waals surface area contributed by atoms with Crippen LogP contribution in [0.15, 0.2) is 42.6 Å². The smallest absolute Gasteiger partial charge is 0.411 e. The monoisotopic (exact) mass is 394 g/mol. The van der Waals surface area contributed by atoms with E-state index in [1.807, 2.05) is 49.9 Å². The van der Waals surface area contributed by atoms with Crippen LogP contribution in [0.4, 0.5) is 16.2 Å². The summed E-state index contributed by atoms with van der Waals surface area (Å²) >= 11 is 0. The van der Waals surface area contributed by atoms with Gasteiger partial charge in [-0.05, 0) is 58.1 Å². The van der Waals surface area contributed by atoms with Gasteiger partial charge in [0.2, 0.25) is 0 Å². The number of nitrogens with two attached hydrogens (primary N) is 1. The Hall–Kier alpha value is -2.76. The second-order valence-corrected chi connectivity index (χ2v) is 8.75. The maximum absolute atomic E-state index is 12.8. The molecule has 2 fully saturated rings. The highest BCUT2D eigenvalue weighted by Crippen LogP contribution is 2.44. The maximum Gasteiger partial charge on any atom is 0.411 e. The quantitative estimate of drug-likeness (QED) is 0.788. The number of hydrogen-bond acceptors (Lipinski definition) is 5. The van der Waals surface area contributed by atoms with Crippen LogP contribution in [0.1, 0.15) is 56.8 Å². The molecule has 1 aromatic heterocycles. The molecule has 1 atom stereocenters. The Balaban J connectivity index is 1.47. The molecule has 0 spiro atoms. The van der Waals surface area contributed by atoms with Gasteiger partial charge in [-0.25, -0.2) is 4.79 Å². The fraction of sp³-hybridized carbons (Fsp3) is 0.478. The maximum atomic E-state index is 12.8. The van der Waals surface area contributed by atoms with Crippen molar-refractivity contribution in [2.75, 3.05) is 11.1 Å². The fourth-order valence-corrected chi connectivity index (χ4v) is 4.74. The number of anilines is 2. The van der Waals surface area contributed by atoms with Crippen molar-refractivity contribution in [1.29, 1.82) is 0 Å². The largest absolute Gasteiger partial charge is 0.441 e. The predicted octanol–water partition coefficient (Wildman–Crippen LogP) is 4.67. The SMILES string of the molecule is Cc1cc(N[C@H]2CC[C@H](N3C(=O)OC(C)(C)[C@@H]3c3ccccc3)CC2)c(N)cn1. The Morgan fingerprint density at radius 3 is 2.55 bits per heavy atom. The highest BCUT2D eigenvalue weighted by molar-refractivity contribution is 5.72. The van der Waals surface area contributed by atoms with Crippen molar-refractivity contribution in [3.05, 3.63) is 53.9 Å². The molecule has 29 heavy (non-hydrogen) atoms. The molecule has 1 aliphatic carbocycles. The van der Waals surface area contributed by atoms with Crippen molar-refractivity contribution >= 4 is 17.5 Å². The molecule has 2 aromatic rings. The first-order chi connectivity index (χ1) is 13.8. The zero-order chi connectivity index (χ0) is 20.6. The number of rotatable bonds is 4. The summed E-state index contributed by atoms with van der Waals surface area (Å²) in [6, 6.07) is 12.7. The van der Waals surface area contributed by atoms with Crippen LogP contribution in [-0.2, 0) is 4.74 Å². The van der Waals surface area contributed by atoms with E-state index < -0.39 is 5.60 Å². The van der Waals surface area contributed by atoms with E-state index in [1.54, 1.807) is 6.20 Å². The van der Waals surface area contributed by atoms with Gasteiger partial charge < -0.3 is 15.8 Å². The number of aryl methyl sites for hydroxylation is 1. The van der Waals surface area contributed by atoms with E-state index in [2.05, 4.69) is 22.4 Å². The van der Waals surface area contributed by atoms with E-state index in [0.29, 0.717) is 11.7 Å². The Labute approximate surface area is 172 Å². The molecule has 154 valence electrons. The third-order valence-electron chi connectivity index (χ3n) is 6.13. The van der Waals surface area contributed by atoms with E-state index in [0.717, 1.165) is 42.6 Å². The molecule has 0 unspecified atom stereocenters. The van der Waals surface area contributed by atoms with Crippen LogP contribution in [0.3, 0.4) is 0 Å². The molecule has 2 heterocycles. The first kappa shape index (κ1) is 19.6. The first-order valence-electron chi connectivity index (χ1n) is 10.4. The van der Waals surface area contributed by atoms with Crippen molar-refractivity contribution in [3.63, 3.8) is 0 Å². The first-order valence-corrected chi connectivity index (χ1v) is 10.4. The molecule has 1 saturated heterocycles. The molecule has 6 nitrogen and oxygen atoms in total. The standard InChI is InChI=1S/C23H30N4O2/c1-15-13-20(19(24)14-25-15)26-17-9-11-18(12-10-17)27-21(16-7-5-4-6-8-16)23(2,3)29-22(27)28/h4-8,13-14,17-18,21H,9-12,24H2,1-3H3,(H,25,26)/t17-,18-,21-/m0/s1. The van der Waals surface area contributed by atoms with Crippen LogP contribution in [0, 0.1) is 6.92 Å². The lowest BCUT2D eigenvalue weighted by Gasteiger charge is -2.38. The number of nitrogens with zero attached hydrogens (tertiary/aromatic N) is 2. The van der Waals surface area contributed by atoms with Crippen LogP contribution in [-0.4, -0.2) is 33.7 Å². The summed E-state index contributed by atoms with van der Waals surface area (Å²) in [4.78, 5) is 19.0. The van der Waals surface area contributed by atoms with Crippen LogP contribution >= 0.6 is 0 Å². The summed E-state index contributed by atoms with van der Waals surface area (Å²) in [5.41, 5.74) is 9.22. The van der Waals surface area contributed by atoms with Gasteiger partial charge in [0.25, 0.3) is 0 Å². The Morgan fingerprint density at radius 2 is 1.86 bits per heavy atom. The Kier molecular flexibility index (Phi) is 5.11. The number of carbonyl (C=O) groups is 1. The lowest BCUT2D eigenvalue weighted by Crippen LogP contribution is -2.44. The Bertz CT molecular complexity index is 876. The van der Waals surface area contributed by atoms with E-state index in [1.165, 1.54) is 0 Å². The number of aromatic nitrogens is 1. The minimum atomic E-state index is -0.545. The van der Waals surface area contributed by atoms with E-state index >= 15 is 0 Å². The average Bonchev–Trinajstić information content (AvgIpc) is 2.94. The number of ether oxygens (including phenoxy) is 1. The van der Waals surface area contributed by atoms with Crippen molar-refractivity contribution in [3.8, 4) is 0 Å². The van der Waals surface area contributed by atoms with Gasteiger partial charge >= 0.3 is 6.09 Å². The van der Waals surface area contributed by atoms with Gasteiger partial charge in [-0.1, -0.05) is 30.3 Å². The van der Waals surface area contributed by atoms with Crippen molar-refractivity contribution in [1.82, 2.24) is 9.88 Å². The molecule has 0 bridgehead atoms. The highest BCUT2D eigenvalue weighted by atomic mass is 16.6. The summed E-state index contributed by atoms with van der Waals surface area (Å²) < 4.78 is 5.78. The summed E-state index contributed by atoms with van der Waals surface area (Å²) in [5.74, 6) is 0. The number of benzene rings is 1. The minimum Gasteiger partial charge on any atom is -0.441 e. The van der Waals surface area contributed by atoms with Crippen molar-refractivity contribution in [2.24, 2.45) is 0 Å². The molecular weight excluding hydrogens is 364 g/mol. The lowest BCUT2D eigenvalue weighted by molar-refractivity contribution is 0.0664. The number of nitrogens with one attached hydrogen (secondary N) is 1. The predicted molar refractivity (Wildman–Crippen MR) is 115 cm³/mol. The molecule has 4 rings (SSSR count). The highest BCUT2D eigenvalue weighted by Gasteiger charge is 2.51. The van der Waals surface area contributed by atoms with Gasteiger partial charge in [0, 0.05) is 17.8 Å². The van der Waals surface area contributed by atoms with Crippen LogP contribution in [0.25, 0.3) is 0 Å². The third-order valence-corrected chi connectivity index (χ3v) is 6.13. The molecule has 0 radical (unpaired) electrons.